The number of rotatable bonds is 8. The van der Waals surface area contributed by atoms with Gasteiger partial charge in [-0.15, -0.1) is 0 Å². The van der Waals surface area contributed by atoms with Crippen molar-refractivity contribution in [2.75, 3.05) is 25.1 Å². The molecule has 0 saturated carbocycles. The molecule has 2 aliphatic heterocycles. The number of hydrogen-bond donors (Lipinski definition) is 2. The summed E-state index contributed by atoms with van der Waals surface area (Å²) in [5.41, 5.74) is 4.96. The number of unbranched alkanes of at least 4 members (excludes halogenated alkanes) is 2. The van der Waals surface area contributed by atoms with Crippen molar-refractivity contribution >= 4 is 5.69 Å². The normalized spacial score (nSPS) is 18.1. The maximum atomic E-state index is 9.17. The van der Waals surface area contributed by atoms with Crippen LogP contribution in [0.5, 0.6) is 17.2 Å². The van der Waals surface area contributed by atoms with E-state index in [4.69, 9.17) is 19.3 Å². The zero-order valence-electron chi connectivity index (χ0n) is 19.1. The second-order valence-corrected chi connectivity index (χ2v) is 8.74. The highest BCUT2D eigenvalue weighted by Gasteiger charge is 2.45. The number of fused-ring (bicyclic) bond motifs is 5. The first-order chi connectivity index (χ1) is 16.2. The maximum Gasteiger partial charge on any atom is 0.137 e. The van der Waals surface area contributed by atoms with Crippen molar-refractivity contribution in [3.63, 3.8) is 0 Å². The summed E-state index contributed by atoms with van der Waals surface area (Å²) >= 11 is 0. The predicted molar refractivity (Wildman–Crippen MR) is 129 cm³/mol. The SMILES string of the molecule is CCCCCNc1ccc2c(c1)Oc1cc(OCCO)ccc1C1(C2)OCc2ccccc21. The molecular weight excluding hydrogens is 414 g/mol. The predicted octanol–water partition coefficient (Wildman–Crippen LogP) is 5.78. The summed E-state index contributed by atoms with van der Waals surface area (Å²) < 4.78 is 18.8. The van der Waals surface area contributed by atoms with Gasteiger partial charge in [0.2, 0.25) is 0 Å². The van der Waals surface area contributed by atoms with E-state index >= 15 is 0 Å². The van der Waals surface area contributed by atoms with E-state index < -0.39 is 5.60 Å². The number of nitrogens with one attached hydrogen (secondary N) is 1. The molecule has 0 aromatic heterocycles. The Kier molecular flexibility index (Phi) is 6.25. The average molecular weight is 446 g/mol. The van der Waals surface area contributed by atoms with Gasteiger partial charge in [-0.05, 0) is 41.3 Å². The summed E-state index contributed by atoms with van der Waals surface area (Å²) in [6.07, 6.45) is 4.27. The van der Waals surface area contributed by atoms with Crippen LogP contribution in [-0.2, 0) is 23.4 Å². The molecule has 2 heterocycles. The molecule has 5 rings (SSSR count). The third kappa shape index (κ3) is 4.19. The number of aliphatic hydroxyl groups is 1. The Morgan fingerprint density at radius 3 is 2.76 bits per heavy atom. The van der Waals surface area contributed by atoms with Gasteiger partial charge in [-0.2, -0.15) is 0 Å². The first kappa shape index (κ1) is 21.8. The fourth-order valence-corrected chi connectivity index (χ4v) is 4.86. The Morgan fingerprint density at radius 1 is 0.970 bits per heavy atom. The molecule has 2 aliphatic rings. The van der Waals surface area contributed by atoms with Crippen LogP contribution in [0.4, 0.5) is 5.69 Å². The minimum Gasteiger partial charge on any atom is -0.491 e. The van der Waals surface area contributed by atoms with E-state index in [2.05, 4.69) is 54.7 Å². The number of benzene rings is 3. The monoisotopic (exact) mass is 445 g/mol. The average Bonchev–Trinajstić information content (AvgIpc) is 3.14. The molecule has 5 heteroatoms. The Hall–Kier alpha value is -3.02. The van der Waals surface area contributed by atoms with Crippen molar-refractivity contribution in [2.45, 2.75) is 44.8 Å². The third-order valence-corrected chi connectivity index (χ3v) is 6.51. The molecule has 0 bridgehead atoms. The summed E-state index contributed by atoms with van der Waals surface area (Å²) in [5, 5.41) is 12.7. The molecule has 5 nitrogen and oxygen atoms in total. The Labute approximate surface area is 195 Å². The van der Waals surface area contributed by atoms with Gasteiger partial charge in [0, 0.05) is 36.3 Å². The van der Waals surface area contributed by atoms with Crippen molar-refractivity contribution in [3.8, 4) is 17.2 Å². The first-order valence-corrected chi connectivity index (χ1v) is 11.9. The fourth-order valence-electron chi connectivity index (χ4n) is 4.86. The molecule has 3 aromatic carbocycles. The Bertz CT molecular complexity index is 1130. The number of aliphatic hydroxyl groups excluding tert-OH is 1. The molecule has 0 fully saturated rings. The zero-order valence-corrected chi connectivity index (χ0v) is 19.1. The van der Waals surface area contributed by atoms with Gasteiger partial charge in [0.1, 0.15) is 29.5 Å². The van der Waals surface area contributed by atoms with Crippen LogP contribution in [0.2, 0.25) is 0 Å². The van der Waals surface area contributed by atoms with Gasteiger partial charge < -0.3 is 24.6 Å². The van der Waals surface area contributed by atoms with Crippen LogP contribution in [-0.4, -0.2) is 24.9 Å². The van der Waals surface area contributed by atoms with Crippen molar-refractivity contribution < 1.29 is 19.3 Å². The largest absolute Gasteiger partial charge is 0.491 e. The van der Waals surface area contributed by atoms with Crippen LogP contribution in [0.15, 0.2) is 60.7 Å². The quantitative estimate of drug-likeness (QED) is 0.430. The highest BCUT2D eigenvalue weighted by Crippen LogP contribution is 2.52. The minimum absolute atomic E-state index is 0.0335. The van der Waals surface area contributed by atoms with Crippen LogP contribution in [0, 0.1) is 0 Å². The van der Waals surface area contributed by atoms with E-state index in [0.29, 0.717) is 18.8 Å². The second kappa shape index (κ2) is 9.46. The van der Waals surface area contributed by atoms with Crippen LogP contribution in [0.1, 0.15) is 48.4 Å². The zero-order chi connectivity index (χ0) is 22.7. The molecule has 33 heavy (non-hydrogen) atoms. The van der Waals surface area contributed by atoms with E-state index in [9.17, 15) is 0 Å². The van der Waals surface area contributed by atoms with E-state index in [-0.39, 0.29) is 13.2 Å². The molecule has 0 saturated heterocycles. The van der Waals surface area contributed by atoms with Gasteiger partial charge >= 0.3 is 0 Å². The third-order valence-electron chi connectivity index (χ3n) is 6.51. The van der Waals surface area contributed by atoms with Crippen LogP contribution >= 0.6 is 0 Å². The fraction of sp³-hybridized carbons (Fsp3) is 0.357. The van der Waals surface area contributed by atoms with E-state index in [0.717, 1.165) is 41.3 Å². The van der Waals surface area contributed by atoms with Gasteiger partial charge in [-0.25, -0.2) is 0 Å². The van der Waals surface area contributed by atoms with Gasteiger partial charge in [-0.3, -0.25) is 0 Å². The lowest BCUT2D eigenvalue weighted by molar-refractivity contribution is -0.00466. The lowest BCUT2D eigenvalue weighted by Crippen LogP contribution is -2.29. The molecule has 1 atom stereocenters. The smallest absolute Gasteiger partial charge is 0.137 e. The standard InChI is InChI=1S/C28H31NO4/c1-2-3-6-13-29-22-10-9-20-18-28(24-8-5-4-7-21(24)19-32-28)25-12-11-23(31-15-14-30)17-27(25)33-26(20)16-22/h4-5,7-12,16-17,29-30H,2-3,6,13-15,18-19H2,1H3. The first-order valence-electron chi connectivity index (χ1n) is 11.9. The molecule has 1 unspecified atom stereocenters. The maximum absolute atomic E-state index is 9.17. The summed E-state index contributed by atoms with van der Waals surface area (Å²) in [7, 11) is 0. The molecule has 0 radical (unpaired) electrons. The highest BCUT2D eigenvalue weighted by molar-refractivity contribution is 5.60. The summed E-state index contributed by atoms with van der Waals surface area (Å²) in [6.45, 7) is 3.94. The molecule has 0 aliphatic carbocycles. The Balaban J connectivity index is 1.56. The lowest BCUT2D eigenvalue weighted by atomic mass is 9.80. The summed E-state index contributed by atoms with van der Waals surface area (Å²) in [4.78, 5) is 0. The van der Waals surface area contributed by atoms with E-state index in [1.807, 2.05) is 18.2 Å². The van der Waals surface area contributed by atoms with E-state index in [1.165, 1.54) is 24.0 Å². The lowest BCUT2D eigenvalue weighted by Gasteiger charge is -2.30. The van der Waals surface area contributed by atoms with Crippen molar-refractivity contribution in [1.29, 1.82) is 0 Å². The summed E-state index contributed by atoms with van der Waals surface area (Å²) in [5.74, 6) is 2.23. The van der Waals surface area contributed by atoms with E-state index in [1.54, 1.807) is 0 Å². The van der Waals surface area contributed by atoms with Crippen LogP contribution in [0.25, 0.3) is 0 Å². The second-order valence-electron chi connectivity index (χ2n) is 8.74. The topological polar surface area (TPSA) is 60.0 Å². The van der Waals surface area contributed by atoms with Crippen LogP contribution < -0.4 is 14.8 Å². The van der Waals surface area contributed by atoms with Gasteiger partial charge in [-0.1, -0.05) is 50.1 Å². The molecule has 0 amide bonds. The number of hydrogen-bond acceptors (Lipinski definition) is 5. The van der Waals surface area contributed by atoms with Crippen LogP contribution in [0.3, 0.4) is 0 Å². The van der Waals surface area contributed by atoms with Gasteiger partial charge in [0.05, 0.1) is 13.2 Å². The van der Waals surface area contributed by atoms with Gasteiger partial charge in [0.25, 0.3) is 0 Å². The Morgan fingerprint density at radius 2 is 1.88 bits per heavy atom. The highest BCUT2D eigenvalue weighted by atomic mass is 16.5. The van der Waals surface area contributed by atoms with Crippen molar-refractivity contribution in [1.82, 2.24) is 0 Å². The molecule has 2 N–H and O–H groups in total. The van der Waals surface area contributed by atoms with Crippen molar-refractivity contribution in [2.24, 2.45) is 0 Å². The summed E-state index contributed by atoms with van der Waals surface area (Å²) in [6, 6.07) is 20.7. The molecular formula is C28H31NO4. The molecule has 1 spiro atoms. The molecule has 3 aromatic rings. The minimum atomic E-state index is -0.608. The number of ether oxygens (including phenoxy) is 3. The van der Waals surface area contributed by atoms with Crippen molar-refractivity contribution in [3.05, 3.63) is 82.9 Å². The molecule has 172 valence electrons. The van der Waals surface area contributed by atoms with Gasteiger partial charge in [0.15, 0.2) is 0 Å². The number of anilines is 1.